The van der Waals surface area contributed by atoms with Crippen molar-refractivity contribution >= 4 is 40.0 Å². The van der Waals surface area contributed by atoms with Crippen LogP contribution in [-0.4, -0.2) is 45.1 Å². The van der Waals surface area contributed by atoms with Gasteiger partial charge < -0.3 is 14.8 Å². The molecular weight excluding hydrogens is 508 g/mol. The number of hydrogen-bond donors (Lipinski definition) is 1. The molecule has 1 N–H and O–H groups in total. The van der Waals surface area contributed by atoms with Gasteiger partial charge in [0.25, 0.3) is 0 Å². The van der Waals surface area contributed by atoms with E-state index in [-0.39, 0.29) is 23.7 Å². The summed E-state index contributed by atoms with van der Waals surface area (Å²) in [6.07, 6.45) is 5.42. The number of benzene rings is 1. The van der Waals surface area contributed by atoms with Gasteiger partial charge in [0.1, 0.15) is 10.8 Å². The van der Waals surface area contributed by atoms with Gasteiger partial charge in [-0.2, -0.15) is 0 Å². The maximum atomic E-state index is 13.0. The zero-order chi connectivity index (χ0) is 26.4. The Kier molecular flexibility index (Phi) is 9.04. The van der Waals surface area contributed by atoms with Crippen molar-refractivity contribution in [2.75, 3.05) is 17.7 Å². The summed E-state index contributed by atoms with van der Waals surface area (Å²) in [6, 6.07) is 7.67. The van der Waals surface area contributed by atoms with E-state index in [1.165, 1.54) is 23.1 Å². The van der Waals surface area contributed by atoms with Crippen LogP contribution in [0.1, 0.15) is 54.4 Å². The van der Waals surface area contributed by atoms with E-state index in [1.807, 2.05) is 49.6 Å². The van der Waals surface area contributed by atoms with Gasteiger partial charge in [-0.05, 0) is 76.3 Å². The standard InChI is InChI=1S/C27H32N4O4S2/c1-5-15-31-24(18-11-13-19(14-12-18)34-6-2)29-30-27(31)36-16-22(32)28-25-23(26(33)35-17(3)4)20-9-7-8-10-21(20)37-25/h5,11-14,17H,1,6-10,15-16H2,2-4H3,(H,28,32). The number of rotatable bonds is 11. The van der Waals surface area contributed by atoms with E-state index in [4.69, 9.17) is 9.47 Å². The molecule has 0 spiro atoms. The van der Waals surface area contributed by atoms with Gasteiger partial charge in [0.2, 0.25) is 5.91 Å². The third-order valence-corrected chi connectivity index (χ3v) is 7.93. The van der Waals surface area contributed by atoms with Crippen LogP contribution in [0.25, 0.3) is 11.4 Å². The van der Waals surface area contributed by atoms with E-state index < -0.39 is 0 Å². The minimum Gasteiger partial charge on any atom is -0.494 e. The molecule has 0 saturated carbocycles. The quantitative estimate of drug-likeness (QED) is 0.187. The van der Waals surface area contributed by atoms with Crippen LogP contribution < -0.4 is 10.1 Å². The highest BCUT2D eigenvalue weighted by Gasteiger charge is 2.28. The number of ether oxygens (including phenoxy) is 2. The van der Waals surface area contributed by atoms with E-state index >= 15 is 0 Å². The average molecular weight is 541 g/mol. The van der Waals surface area contributed by atoms with E-state index in [1.54, 1.807) is 6.08 Å². The van der Waals surface area contributed by atoms with Crippen LogP contribution in [0, 0.1) is 0 Å². The Labute approximate surface area is 225 Å². The monoisotopic (exact) mass is 540 g/mol. The fourth-order valence-electron chi connectivity index (χ4n) is 4.21. The number of carbonyl (C=O) groups excluding carboxylic acids is 2. The summed E-state index contributed by atoms with van der Waals surface area (Å²) in [4.78, 5) is 27.0. The number of thioether (sulfide) groups is 1. The molecule has 0 aliphatic heterocycles. The van der Waals surface area contributed by atoms with Crippen LogP contribution in [-0.2, 0) is 28.9 Å². The molecule has 2 heterocycles. The Morgan fingerprint density at radius 1 is 1.22 bits per heavy atom. The Morgan fingerprint density at radius 2 is 1.97 bits per heavy atom. The maximum Gasteiger partial charge on any atom is 0.341 e. The molecule has 0 saturated heterocycles. The molecule has 196 valence electrons. The number of hydrogen-bond acceptors (Lipinski definition) is 8. The summed E-state index contributed by atoms with van der Waals surface area (Å²) < 4.78 is 12.9. The zero-order valence-corrected chi connectivity index (χ0v) is 23.0. The van der Waals surface area contributed by atoms with Crippen LogP contribution in [0.2, 0.25) is 0 Å². The van der Waals surface area contributed by atoms with Gasteiger partial charge in [0, 0.05) is 17.0 Å². The highest BCUT2D eigenvalue weighted by Crippen LogP contribution is 2.39. The molecule has 0 atom stereocenters. The minimum atomic E-state index is -0.372. The van der Waals surface area contributed by atoms with Crippen molar-refractivity contribution < 1.29 is 19.1 Å². The molecule has 8 nitrogen and oxygen atoms in total. The molecule has 37 heavy (non-hydrogen) atoms. The number of carbonyl (C=O) groups is 2. The topological polar surface area (TPSA) is 95.3 Å². The number of esters is 1. The van der Waals surface area contributed by atoms with Crippen molar-refractivity contribution in [1.29, 1.82) is 0 Å². The first-order valence-electron chi connectivity index (χ1n) is 12.5. The minimum absolute atomic E-state index is 0.125. The Bertz CT molecular complexity index is 1260. The lowest BCUT2D eigenvalue weighted by molar-refractivity contribution is -0.113. The fraction of sp³-hybridized carbons (Fsp3) is 0.407. The lowest BCUT2D eigenvalue weighted by Crippen LogP contribution is -2.19. The molecule has 0 unspecified atom stereocenters. The smallest absolute Gasteiger partial charge is 0.341 e. The number of anilines is 1. The molecular formula is C27H32N4O4S2. The first-order valence-corrected chi connectivity index (χ1v) is 14.3. The van der Waals surface area contributed by atoms with Crippen molar-refractivity contribution in [1.82, 2.24) is 14.8 Å². The van der Waals surface area contributed by atoms with Crippen LogP contribution in [0.4, 0.5) is 5.00 Å². The largest absolute Gasteiger partial charge is 0.494 e. The number of aryl methyl sites for hydroxylation is 1. The normalized spacial score (nSPS) is 12.8. The van der Waals surface area contributed by atoms with Crippen molar-refractivity contribution in [2.24, 2.45) is 0 Å². The summed E-state index contributed by atoms with van der Waals surface area (Å²) >= 11 is 2.78. The molecule has 1 amide bonds. The van der Waals surface area contributed by atoms with Gasteiger partial charge in [0.05, 0.1) is 24.0 Å². The second-order valence-electron chi connectivity index (χ2n) is 8.87. The predicted octanol–water partition coefficient (Wildman–Crippen LogP) is 5.77. The van der Waals surface area contributed by atoms with Gasteiger partial charge in [-0.25, -0.2) is 4.79 Å². The highest BCUT2D eigenvalue weighted by molar-refractivity contribution is 7.99. The van der Waals surface area contributed by atoms with E-state index in [9.17, 15) is 9.59 Å². The van der Waals surface area contributed by atoms with Crippen molar-refractivity contribution in [2.45, 2.75) is 64.3 Å². The van der Waals surface area contributed by atoms with Crippen LogP contribution in [0.5, 0.6) is 5.75 Å². The summed E-state index contributed by atoms with van der Waals surface area (Å²) in [5, 5.41) is 12.8. The number of amides is 1. The first-order chi connectivity index (χ1) is 17.9. The molecule has 1 aliphatic carbocycles. The second kappa shape index (κ2) is 12.4. The van der Waals surface area contributed by atoms with Crippen molar-refractivity contribution in [3.8, 4) is 17.1 Å². The number of nitrogens with one attached hydrogen (secondary N) is 1. The molecule has 3 aromatic rings. The first kappa shape index (κ1) is 26.9. The summed E-state index contributed by atoms with van der Waals surface area (Å²) in [7, 11) is 0. The van der Waals surface area contributed by atoms with Crippen molar-refractivity contribution in [3.05, 3.63) is 52.9 Å². The molecule has 0 bridgehead atoms. The van der Waals surface area contributed by atoms with Gasteiger partial charge in [-0.15, -0.1) is 28.1 Å². The Morgan fingerprint density at radius 3 is 2.68 bits per heavy atom. The van der Waals surface area contributed by atoms with E-state index in [0.717, 1.165) is 47.4 Å². The van der Waals surface area contributed by atoms with Crippen LogP contribution in [0.3, 0.4) is 0 Å². The third kappa shape index (κ3) is 6.42. The zero-order valence-electron chi connectivity index (χ0n) is 21.4. The van der Waals surface area contributed by atoms with Gasteiger partial charge in [-0.1, -0.05) is 17.8 Å². The number of thiophene rings is 1. The van der Waals surface area contributed by atoms with Crippen LogP contribution in [0.15, 0.2) is 42.1 Å². The number of allylic oxidation sites excluding steroid dienone is 1. The molecule has 1 aliphatic rings. The summed E-state index contributed by atoms with van der Waals surface area (Å²) in [5.41, 5.74) is 2.43. The maximum absolute atomic E-state index is 13.0. The highest BCUT2D eigenvalue weighted by atomic mass is 32.2. The lowest BCUT2D eigenvalue weighted by Gasteiger charge is -2.14. The molecule has 0 radical (unpaired) electrons. The SMILES string of the molecule is C=CCn1c(SCC(=O)Nc2sc3c(c2C(=O)OC(C)C)CCCC3)nnc1-c1ccc(OCC)cc1. The summed E-state index contributed by atoms with van der Waals surface area (Å²) in [5.74, 6) is 1.02. The molecule has 0 fully saturated rings. The number of aromatic nitrogens is 3. The molecule has 1 aromatic carbocycles. The lowest BCUT2D eigenvalue weighted by atomic mass is 9.95. The van der Waals surface area contributed by atoms with Crippen molar-refractivity contribution in [3.63, 3.8) is 0 Å². The second-order valence-corrected chi connectivity index (χ2v) is 10.9. The van der Waals surface area contributed by atoms with Gasteiger partial charge in [-0.3, -0.25) is 9.36 Å². The van der Waals surface area contributed by atoms with Crippen LogP contribution >= 0.6 is 23.1 Å². The average Bonchev–Trinajstić information content (AvgIpc) is 3.44. The molecule has 2 aromatic heterocycles. The summed E-state index contributed by atoms with van der Waals surface area (Å²) in [6.45, 7) is 10.6. The predicted molar refractivity (Wildman–Crippen MR) is 148 cm³/mol. The fourth-order valence-corrected chi connectivity index (χ4v) is 6.25. The number of nitrogens with zero attached hydrogens (tertiary/aromatic N) is 3. The Hall–Kier alpha value is -3.11. The van der Waals surface area contributed by atoms with E-state index in [0.29, 0.717) is 34.7 Å². The Balaban J connectivity index is 1.49. The third-order valence-electron chi connectivity index (χ3n) is 5.76. The van der Waals surface area contributed by atoms with Gasteiger partial charge >= 0.3 is 5.97 Å². The van der Waals surface area contributed by atoms with Gasteiger partial charge in [0.15, 0.2) is 11.0 Å². The molecule has 10 heteroatoms. The number of fused-ring (bicyclic) bond motifs is 1. The molecule has 4 rings (SSSR count). The van der Waals surface area contributed by atoms with E-state index in [2.05, 4.69) is 22.1 Å².